The summed E-state index contributed by atoms with van der Waals surface area (Å²) in [5, 5.41) is 6.61. The summed E-state index contributed by atoms with van der Waals surface area (Å²) in [5.41, 5.74) is 3.91. The number of nitrogens with zero attached hydrogens (tertiary/aromatic N) is 1. The smallest absolute Gasteiger partial charge is 0.255 e. The summed E-state index contributed by atoms with van der Waals surface area (Å²) < 4.78 is 0. The summed E-state index contributed by atoms with van der Waals surface area (Å²) in [5.74, 6) is -0.0209. The molecular formula is C20H22ClN3O2. The number of aliphatic imine (C=N–C) groups is 1. The summed E-state index contributed by atoms with van der Waals surface area (Å²) in [4.78, 5) is 29.1. The number of fused-ring (bicyclic) bond motifs is 1. The Hall–Kier alpha value is -2.40. The van der Waals surface area contributed by atoms with Crippen molar-refractivity contribution in [1.82, 2.24) is 5.32 Å². The predicted molar refractivity (Wildman–Crippen MR) is 105 cm³/mol. The molecule has 3 rings (SSSR count). The van der Waals surface area contributed by atoms with Crippen LogP contribution in [0.2, 0.25) is 5.02 Å². The Morgan fingerprint density at radius 3 is 2.58 bits per heavy atom. The van der Waals surface area contributed by atoms with E-state index >= 15 is 0 Å². The number of allylic oxidation sites excluding steroid dienone is 4. The predicted octanol–water partition coefficient (Wildman–Crippen LogP) is 4.42. The third-order valence-corrected chi connectivity index (χ3v) is 4.87. The first-order valence-electron chi connectivity index (χ1n) is 8.74. The van der Waals surface area contributed by atoms with Gasteiger partial charge in [0.25, 0.3) is 5.91 Å². The standard InChI is InChI=1S/C20H22ClN3O2/c1-5-19-23-16-9-14(21)17(8-13(16)20(26)24-19)22-15-7-12(10(2)3)18(25)6-11(15)4/h6-10,19,23H,5H2,1-4H3,(H,24,26). The van der Waals surface area contributed by atoms with Crippen LogP contribution < -0.4 is 10.6 Å². The van der Waals surface area contributed by atoms with Crippen LogP contribution in [0.15, 0.2) is 40.4 Å². The van der Waals surface area contributed by atoms with Crippen molar-refractivity contribution < 1.29 is 9.59 Å². The molecule has 0 saturated heterocycles. The van der Waals surface area contributed by atoms with E-state index in [0.29, 0.717) is 33.2 Å². The zero-order valence-electron chi connectivity index (χ0n) is 15.3. The molecule has 1 heterocycles. The van der Waals surface area contributed by atoms with Crippen molar-refractivity contribution in [1.29, 1.82) is 0 Å². The number of hydrogen-bond donors (Lipinski definition) is 2. The first kappa shape index (κ1) is 18.4. The fourth-order valence-electron chi connectivity index (χ4n) is 3.01. The number of amides is 1. The highest BCUT2D eigenvalue weighted by Crippen LogP contribution is 2.34. The van der Waals surface area contributed by atoms with Gasteiger partial charge in [-0.2, -0.15) is 0 Å². The molecule has 26 heavy (non-hydrogen) atoms. The van der Waals surface area contributed by atoms with Crippen molar-refractivity contribution in [2.45, 2.75) is 40.3 Å². The second-order valence-electron chi connectivity index (χ2n) is 6.87. The number of ketones is 1. The zero-order valence-corrected chi connectivity index (χ0v) is 16.1. The van der Waals surface area contributed by atoms with Gasteiger partial charge in [-0.1, -0.05) is 32.4 Å². The molecule has 0 saturated carbocycles. The van der Waals surface area contributed by atoms with Gasteiger partial charge in [-0.3, -0.25) is 9.59 Å². The molecule has 1 atom stereocenters. The van der Waals surface area contributed by atoms with Crippen LogP contribution in [-0.4, -0.2) is 23.6 Å². The van der Waals surface area contributed by atoms with Crippen molar-refractivity contribution in [2.24, 2.45) is 10.9 Å². The highest BCUT2D eigenvalue weighted by Gasteiger charge is 2.24. The molecule has 1 aliphatic carbocycles. The van der Waals surface area contributed by atoms with Gasteiger partial charge < -0.3 is 10.6 Å². The molecule has 1 aromatic rings. The maximum Gasteiger partial charge on any atom is 0.255 e. The Morgan fingerprint density at radius 1 is 1.19 bits per heavy atom. The molecule has 0 bridgehead atoms. The molecule has 1 aromatic carbocycles. The lowest BCUT2D eigenvalue weighted by Gasteiger charge is -2.27. The maximum absolute atomic E-state index is 12.3. The topological polar surface area (TPSA) is 70.6 Å². The van der Waals surface area contributed by atoms with Crippen molar-refractivity contribution >= 4 is 40.4 Å². The average molecular weight is 372 g/mol. The molecule has 1 amide bonds. The number of carbonyl (C=O) groups is 2. The van der Waals surface area contributed by atoms with E-state index in [1.807, 2.05) is 33.8 Å². The molecule has 1 unspecified atom stereocenters. The van der Waals surface area contributed by atoms with Crippen LogP contribution in [0.4, 0.5) is 11.4 Å². The maximum atomic E-state index is 12.3. The number of carbonyl (C=O) groups excluding carboxylic acids is 2. The molecule has 0 fully saturated rings. The average Bonchev–Trinajstić information content (AvgIpc) is 2.57. The largest absolute Gasteiger partial charge is 0.365 e. The van der Waals surface area contributed by atoms with E-state index in [-0.39, 0.29) is 23.8 Å². The summed E-state index contributed by atoms with van der Waals surface area (Å²) in [6.45, 7) is 7.78. The Kier molecular flexibility index (Phi) is 5.01. The van der Waals surface area contributed by atoms with E-state index < -0.39 is 0 Å². The summed E-state index contributed by atoms with van der Waals surface area (Å²) in [7, 11) is 0. The SMILES string of the molecule is CCC1NC(=O)c2cc(N=C3C=C(C(C)C)C(=O)C=C3C)c(Cl)cc2N1. The van der Waals surface area contributed by atoms with Crippen LogP contribution in [0.25, 0.3) is 0 Å². The zero-order chi connectivity index (χ0) is 19.0. The van der Waals surface area contributed by atoms with Crippen LogP contribution in [0.3, 0.4) is 0 Å². The van der Waals surface area contributed by atoms with E-state index in [4.69, 9.17) is 11.6 Å². The van der Waals surface area contributed by atoms with E-state index in [1.54, 1.807) is 18.2 Å². The Labute approximate surface area is 158 Å². The molecule has 2 aliphatic rings. The van der Waals surface area contributed by atoms with E-state index in [9.17, 15) is 9.59 Å². The van der Waals surface area contributed by atoms with E-state index in [2.05, 4.69) is 15.6 Å². The van der Waals surface area contributed by atoms with E-state index in [0.717, 1.165) is 12.0 Å². The second kappa shape index (κ2) is 7.08. The third kappa shape index (κ3) is 3.44. The highest BCUT2D eigenvalue weighted by atomic mass is 35.5. The third-order valence-electron chi connectivity index (χ3n) is 4.57. The minimum absolute atomic E-state index is 0.0159. The highest BCUT2D eigenvalue weighted by molar-refractivity contribution is 6.34. The van der Waals surface area contributed by atoms with Crippen molar-refractivity contribution in [3.05, 3.63) is 46.0 Å². The molecule has 2 N–H and O–H groups in total. The van der Waals surface area contributed by atoms with Crippen molar-refractivity contribution in [2.75, 3.05) is 5.32 Å². The van der Waals surface area contributed by atoms with Crippen molar-refractivity contribution in [3.63, 3.8) is 0 Å². The van der Waals surface area contributed by atoms with Gasteiger partial charge in [0.1, 0.15) is 0 Å². The molecule has 5 nitrogen and oxygen atoms in total. The van der Waals surface area contributed by atoms with Crippen molar-refractivity contribution in [3.8, 4) is 0 Å². The molecule has 0 spiro atoms. The summed E-state index contributed by atoms with van der Waals surface area (Å²) in [6, 6.07) is 3.42. The molecule has 136 valence electrons. The first-order chi connectivity index (χ1) is 12.3. The molecule has 1 aliphatic heterocycles. The lowest BCUT2D eigenvalue weighted by molar-refractivity contribution is -0.111. The monoisotopic (exact) mass is 371 g/mol. The minimum atomic E-state index is -0.145. The second-order valence-corrected chi connectivity index (χ2v) is 7.28. The van der Waals surface area contributed by atoms with Gasteiger partial charge in [0, 0.05) is 5.57 Å². The van der Waals surface area contributed by atoms with Crippen LogP contribution in [0.5, 0.6) is 0 Å². The number of rotatable bonds is 3. The molecular weight excluding hydrogens is 350 g/mol. The summed E-state index contributed by atoms with van der Waals surface area (Å²) >= 11 is 6.41. The molecule has 6 heteroatoms. The fraction of sp³-hybridized carbons (Fsp3) is 0.350. The summed E-state index contributed by atoms with van der Waals surface area (Å²) in [6.07, 6.45) is 4.08. The van der Waals surface area contributed by atoms with Crippen LogP contribution in [0.1, 0.15) is 44.5 Å². The molecule has 0 radical (unpaired) electrons. The first-order valence-corrected chi connectivity index (χ1v) is 9.12. The number of nitrogens with one attached hydrogen (secondary N) is 2. The van der Waals surface area contributed by atoms with E-state index in [1.165, 1.54) is 0 Å². The number of hydrogen-bond acceptors (Lipinski definition) is 4. The van der Waals surface area contributed by atoms with Crippen LogP contribution in [-0.2, 0) is 4.79 Å². The molecule has 0 aromatic heterocycles. The Balaban J connectivity index is 2.04. The minimum Gasteiger partial charge on any atom is -0.365 e. The van der Waals surface area contributed by atoms with Gasteiger partial charge in [-0.25, -0.2) is 4.99 Å². The Bertz CT molecular complexity index is 881. The van der Waals surface area contributed by atoms with Crippen LogP contribution >= 0.6 is 11.6 Å². The van der Waals surface area contributed by atoms with Gasteiger partial charge in [0.2, 0.25) is 0 Å². The number of halogens is 1. The van der Waals surface area contributed by atoms with Crippen LogP contribution in [0, 0.1) is 5.92 Å². The lowest BCUT2D eigenvalue weighted by atomic mass is 9.90. The number of benzene rings is 1. The van der Waals surface area contributed by atoms with Gasteiger partial charge >= 0.3 is 0 Å². The number of anilines is 1. The lowest BCUT2D eigenvalue weighted by Crippen LogP contribution is -2.44. The fourth-order valence-corrected chi connectivity index (χ4v) is 3.21. The van der Waals surface area contributed by atoms with Gasteiger partial charge in [0.15, 0.2) is 5.78 Å². The Morgan fingerprint density at radius 2 is 1.92 bits per heavy atom. The quantitative estimate of drug-likeness (QED) is 0.773. The van der Waals surface area contributed by atoms with Gasteiger partial charge in [-0.15, -0.1) is 0 Å². The normalized spacial score (nSPS) is 21.2. The van der Waals surface area contributed by atoms with Gasteiger partial charge in [-0.05, 0) is 49.1 Å². The van der Waals surface area contributed by atoms with Gasteiger partial charge in [0.05, 0.1) is 33.8 Å².